The number of imidazole rings is 1. The maximum Gasteiger partial charge on any atom is 0.0991 e. The number of nitrogens with one attached hydrogen (secondary N) is 1. The number of hydrogen-bond donors (Lipinski definition) is 1. The summed E-state index contributed by atoms with van der Waals surface area (Å²) in [6, 6.07) is 14.0. The standard InChI is InChI=1S/C17H15Cl2N3/c18-16-3-1-2-14(17(16)19)11-21-10-13-4-6-15(7-5-13)22-9-8-20-12-22/h1-9,12,21H,10-11H2. The van der Waals surface area contributed by atoms with Crippen molar-refractivity contribution in [2.75, 3.05) is 0 Å². The van der Waals surface area contributed by atoms with E-state index in [0.29, 0.717) is 16.6 Å². The van der Waals surface area contributed by atoms with Crippen LogP contribution in [0.1, 0.15) is 11.1 Å². The van der Waals surface area contributed by atoms with E-state index in [0.717, 1.165) is 17.8 Å². The zero-order chi connectivity index (χ0) is 15.4. The molecule has 3 nitrogen and oxygen atoms in total. The van der Waals surface area contributed by atoms with E-state index in [4.69, 9.17) is 23.2 Å². The molecule has 0 aliphatic carbocycles. The molecule has 0 saturated heterocycles. The number of aromatic nitrogens is 2. The van der Waals surface area contributed by atoms with E-state index in [1.807, 2.05) is 22.9 Å². The van der Waals surface area contributed by atoms with Crippen molar-refractivity contribution in [2.45, 2.75) is 13.1 Å². The largest absolute Gasteiger partial charge is 0.309 e. The van der Waals surface area contributed by atoms with Crippen LogP contribution < -0.4 is 5.32 Å². The zero-order valence-corrected chi connectivity index (χ0v) is 13.3. The minimum atomic E-state index is 0.589. The van der Waals surface area contributed by atoms with E-state index in [9.17, 15) is 0 Å². The molecule has 0 atom stereocenters. The van der Waals surface area contributed by atoms with Gasteiger partial charge < -0.3 is 9.88 Å². The topological polar surface area (TPSA) is 29.9 Å². The molecule has 0 amide bonds. The molecule has 3 rings (SSSR count). The lowest BCUT2D eigenvalue weighted by atomic mass is 10.2. The van der Waals surface area contributed by atoms with Crippen LogP contribution in [-0.2, 0) is 13.1 Å². The van der Waals surface area contributed by atoms with Crippen molar-refractivity contribution < 1.29 is 0 Å². The van der Waals surface area contributed by atoms with Gasteiger partial charge in [-0.15, -0.1) is 0 Å². The Bertz CT molecular complexity index is 737. The average Bonchev–Trinajstić information content (AvgIpc) is 3.07. The molecule has 0 unspecified atom stereocenters. The lowest BCUT2D eigenvalue weighted by Crippen LogP contribution is -2.13. The highest BCUT2D eigenvalue weighted by Gasteiger charge is 2.03. The first-order valence-electron chi connectivity index (χ1n) is 6.95. The molecule has 1 heterocycles. The Hall–Kier alpha value is -1.81. The van der Waals surface area contributed by atoms with Crippen molar-refractivity contribution in [3.8, 4) is 5.69 Å². The van der Waals surface area contributed by atoms with Gasteiger partial charge in [0.25, 0.3) is 0 Å². The van der Waals surface area contributed by atoms with Gasteiger partial charge in [0.2, 0.25) is 0 Å². The van der Waals surface area contributed by atoms with Gasteiger partial charge in [0.05, 0.1) is 16.4 Å². The highest BCUT2D eigenvalue weighted by atomic mass is 35.5. The Morgan fingerprint density at radius 2 is 1.82 bits per heavy atom. The van der Waals surface area contributed by atoms with Gasteiger partial charge in [-0.25, -0.2) is 4.98 Å². The van der Waals surface area contributed by atoms with Crippen molar-refractivity contribution >= 4 is 23.2 Å². The summed E-state index contributed by atoms with van der Waals surface area (Å²) in [7, 11) is 0. The second-order valence-corrected chi connectivity index (χ2v) is 5.74. The predicted molar refractivity (Wildman–Crippen MR) is 90.6 cm³/mol. The van der Waals surface area contributed by atoms with Crippen LogP contribution in [0.4, 0.5) is 0 Å². The fourth-order valence-corrected chi connectivity index (χ4v) is 2.61. The number of hydrogen-bond acceptors (Lipinski definition) is 2. The fourth-order valence-electron chi connectivity index (χ4n) is 2.22. The molecule has 1 N–H and O–H groups in total. The molecule has 112 valence electrons. The van der Waals surface area contributed by atoms with Gasteiger partial charge in [-0.2, -0.15) is 0 Å². The Labute approximate surface area is 139 Å². The summed E-state index contributed by atoms with van der Waals surface area (Å²) in [5.74, 6) is 0. The molecule has 3 aromatic rings. The molecule has 0 radical (unpaired) electrons. The molecule has 5 heteroatoms. The number of benzene rings is 2. The number of halogens is 2. The maximum atomic E-state index is 6.17. The van der Waals surface area contributed by atoms with Gasteiger partial charge in [-0.05, 0) is 29.3 Å². The van der Waals surface area contributed by atoms with Gasteiger partial charge in [0, 0.05) is 31.2 Å². The van der Waals surface area contributed by atoms with Gasteiger partial charge in [-0.1, -0.05) is 47.5 Å². The molecule has 22 heavy (non-hydrogen) atoms. The number of rotatable bonds is 5. The van der Waals surface area contributed by atoms with E-state index < -0.39 is 0 Å². The smallest absolute Gasteiger partial charge is 0.0991 e. The van der Waals surface area contributed by atoms with E-state index in [1.165, 1.54) is 5.56 Å². The second kappa shape index (κ2) is 6.97. The van der Waals surface area contributed by atoms with Crippen LogP contribution in [-0.4, -0.2) is 9.55 Å². The Balaban J connectivity index is 1.59. The van der Waals surface area contributed by atoms with Crippen molar-refractivity contribution in [1.82, 2.24) is 14.9 Å². The van der Waals surface area contributed by atoms with E-state index in [2.05, 4.69) is 34.6 Å². The molecular weight excluding hydrogens is 317 g/mol. The monoisotopic (exact) mass is 331 g/mol. The first kappa shape index (κ1) is 15.1. The average molecular weight is 332 g/mol. The molecule has 0 bridgehead atoms. The normalized spacial score (nSPS) is 10.8. The Kier molecular flexibility index (Phi) is 4.78. The van der Waals surface area contributed by atoms with Crippen molar-refractivity contribution in [1.29, 1.82) is 0 Å². The number of nitrogens with zero attached hydrogens (tertiary/aromatic N) is 2. The Morgan fingerprint density at radius 3 is 2.55 bits per heavy atom. The minimum absolute atomic E-state index is 0.589. The quantitative estimate of drug-likeness (QED) is 0.747. The Morgan fingerprint density at radius 1 is 1.00 bits per heavy atom. The summed E-state index contributed by atoms with van der Waals surface area (Å²) in [6.45, 7) is 1.45. The van der Waals surface area contributed by atoms with Crippen LogP contribution in [0.25, 0.3) is 5.69 Å². The summed E-state index contributed by atoms with van der Waals surface area (Å²) >= 11 is 12.2. The molecule has 0 aliphatic heterocycles. The molecule has 0 fully saturated rings. The summed E-state index contributed by atoms with van der Waals surface area (Å²) in [4.78, 5) is 4.05. The third-order valence-electron chi connectivity index (χ3n) is 3.42. The van der Waals surface area contributed by atoms with Gasteiger partial charge in [0.1, 0.15) is 0 Å². The summed E-state index contributed by atoms with van der Waals surface area (Å²) in [5.41, 5.74) is 3.31. The highest BCUT2D eigenvalue weighted by molar-refractivity contribution is 6.42. The maximum absolute atomic E-state index is 6.17. The fraction of sp³-hybridized carbons (Fsp3) is 0.118. The zero-order valence-electron chi connectivity index (χ0n) is 11.8. The van der Waals surface area contributed by atoms with Crippen LogP contribution in [0.3, 0.4) is 0 Å². The third kappa shape index (κ3) is 3.50. The SMILES string of the molecule is Clc1cccc(CNCc2ccc(-n3ccnc3)cc2)c1Cl. The first-order valence-corrected chi connectivity index (χ1v) is 7.70. The van der Waals surface area contributed by atoms with Crippen LogP contribution in [0.2, 0.25) is 10.0 Å². The van der Waals surface area contributed by atoms with Crippen LogP contribution in [0, 0.1) is 0 Å². The van der Waals surface area contributed by atoms with E-state index in [1.54, 1.807) is 18.6 Å². The third-order valence-corrected chi connectivity index (χ3v) is 4.27. The van der Waals surface area contributed by atoms with Crippen molar-refractivity contribution in [3.63, 3.8) is 0 Å². The highest BCUT2D eigenvalue weighted by Crippen LogP contribution is 2.25. The van der Waals surface area contributed by atoms with Gasteiger partial charge in [0.15, 0.2) is 0 Å². The van der Waals surface area contributed by atoms with Crippen molar-refractivity contribution in [3.05, 3.63) is 82.4 Å². The van der Waals surface area contributed by atoms with Crippen LogP contribution in [0.15, 0.2) is 61.2 Å². The molecule has 0 aliphatic rings. The lowest BCUT2D eigenvalue weighted by Gasteiger charge is -2.09. The molecule has 0 spiro atoms. The predicted octanol–water partition coefficient (Wildman–Crippen LogP) is 4.47. The minimum Gasteiger partial charge on any atom is -0.309 e. The molecular formula is C17H15Cl2N3. The summed E-state index contributed by atoms with van der Waals surface area (Å²) < 4.78 is 1.98. The molecule has 2 aromatic carbocycles. The summed E-state index contributed by atoms with van der Waals surface area (Å²) in [5, 5.41) is 4.58. The first-order chi connectivity index (χ1) is 10.7. The summed E-state index contributed by atoms with van der Waals surface area (Å²) in [6.07, 6.45) is 5.48. The van der Waals surface area contributed by atoms with Crippen molar-refractivity contribution in [2.24, 2.45) is 0 Å². The second-order valence-electron chi connectivity index (χ2n) is 4.95. The van der Waals surface area contributed by atoms with Gasteiger partial charge >= 0.3 is 0 Å². The van der Waals surface area contributed by atoms with E-state index in [-0.39, 0.29) is 0 Å². The van der Waals surface area contributed by atoms with Crippen LogP contribution in [0.5, 0.6) is 0 Å². The van der Waals surface area contributed by atoms with Crippen LogP contribution >= 0.6 is 23.2 Å². The van der Waals surface area contributed by atoms with E-state index >= 15 is 0 Å². The molecule has 1 aromatic heterocycles. The molecule has 0 saturated carbocycles. The van der Waals surface area contributed by atoms with Gasteiger partial charge in [-0.3, -0.25) is 0 Å². The lowest BCUT2D eigenvalue weighted by molar-refractivity contribution is 0.693.